The molecule has 1 aromatic carbocycles. The number of piperidine rings is 1. The maximum absolute atomic E-state index is 13.4. The van der Waals surface area contributed by atoms with Gasteiger partial charge in [-0.1, -0.05) is 6.42 Å². The first-order chi connectivity index (χ1) is 10.5. The lowest BCUT2D eigenvalue weighted by Crippen LogP contribution is -2.36. The van der Waals surface area contributed by atoms with Crippen LogP contribution in [0.3, 0.4) is 0 Å². The molecular weight excluding hydrogens is 295 g/mol. The minimum Gasteiger partial charge on any atom is -0.490 e. The van der Waals surface area contributed by atoms with E-state index in [1.165, 1.54) is 6.07 Å². The van der Waals surface area contributed by atoms with Gasteiger partial charge >= 0.3 is 6.18 Å². The lowest BCUT2D eigenvalue weighted by Gasteiger charge is -2.25. The van der Waals surface area contributed by atoms with Crippen LogP contribution in [-0.4, -0.2) is 25.8 Å². The van der Waals surface area contributed by atoms with Crippen molar-refractivity contribution in [3.8, 4) is 11.5 Å². The van der Waals surface area contributed by atoms with E-state index in [0.717, 1.165) is 31.9 Å². The molecule has 2 aliphatic rings. The van der Waals surface area contributed by atoms with Crippen molar-refractivity contribution in [2.75, 3.05) is 19.8 Å². The Morgan fingerprint density at radius 2 is 1.77 bits per heavy atom. The van der Waals surface area contributed by atoms with Gasteiger partial charge in [0.2, 0.25) is 0 Å². The molecule has 1 fully saturated rings. The molecule has 0 amide bonds. The van der Waals surface area contributed by atoms with E-state index in [1.807, 2.05) is 0 Å². The molecule has 1 unspecified atom stereocenters. The predicted octanol–water partition coefficient (Wildman–Crippen LogP) is 3.55. The second kappa shape index (κ2) is 6.36. The van der Waals surface area contributed by atoms with Crippen LogP contribution in [0.5, 0.6) is 11.5 Å². The average Bonchev–Trinajstić information content (AvgIpc) is 2.71. The summed E-state index contributed by atoms with van der Waals surface area (Å²) in [7, 11) is 0. The van der Waals surface area contributed by atoms with E-state index in [9.17, 15) is 13.2 Å². The van der Waals surface area contributed by atoms with Crippen LogP contribution in [-0.2, 0) is 12.6 Å². The van der Waals surface area contributed by atoms with Crippen molar-refractivity contribution >= 4 is 0 Å². The molecule has 1 aromatic rings. The van der Waals surface area contributed by atoms with Gasteiger partial charge < -0.3 is 14.8 Å². The molecule has 2 heterocycles. The molecule has 1 saturated heterocycles. The quantitative estimate of drug-likeness (QED) is 0.905. The Labute approximate surface area is 127 Å². The zero-order valence-electron chi connectivity index (χ0n) is 12.3. The highest BCUT2D eigenvalue weighted by Gasteiger charge is 2.35. The minimum atomic E-state index is -4.38. The molecule has 0 saturated carbocycles. The Morgan fingerprint density at radius 3 is 2.41 bits per heavy atom. The summed E-state index contributed by atoms with van der Waals surface area (Å²) in [6, 6.07) is 2.71. The number of ether oxygens (including phenoxy) is 2. The molecule has 0 aliphatic carbocycles. The van der Waals surface area contributed by atoms with Crippen molar-refractivity contribution in [1.29, 1.82) is 0 Å². The molecular formula is C16H20F3NO2. The smallest absolute Gasteiger partial charge is 0.416 e. The third kappa shape index (κ3) is 3.48. The van der Waals surface area contributed by atoms with Gasteiger partial charge in [0.05, 0.1) is 18.8 Å². The number of hydrogen-bond donors (Lipinski definition) is 1. The summed E-state index contributed by atoms with van der Waals surface area (Å²) in [5.41, 5.74) is -0.319. The van der Waals surface area contributed by atoms with Crippen LogP contribution in [0.25, 0.3) is 0 Å². The normalized spacial score (nSPS) is 22.2. The molecule has 3 rings (SSSR count). The van der Waals surface area contributed by atoms with Crippen LogP contribution < -0.4 is 14.8 Å². The van der Waals surface area contributed by atoms with Crippen LogP contribution in [0.2, 0.25) is 0 Å². The van der Waals surface area contributed by atoms with Crippen LogP contribution in [0.15, 0.2) is 12.1 Å². The van der Waals surface area contributed by atoms with Crippen molar-refractivity contribution < 1.29 is 22.6 Å². The monoisotopic (exact) mass is 315 g/mol. The Morgan fingerprint density at radius 1 is 1.05 bits per heavy atom. The zero-order valence-corrected chi connectivity index (χ0v) is 12.3. The topological polar surface area (TPSA) is 30.5 Å². The van der Waals surface area contributed by atoms with Crippen molar-refractivity contribution in [2.24, 2.45) is 0 Å². The first-order valence-electron chi connectivity index (χ1n) is 7.77. The molecule has 1 N–H and O–H groups in total. The number of nitrogens with one attached hydrogen (secondary N) is 1. The van der Waals surface area contributed by atoms with E-state index in [1.54, 1.807) is 0 Å². The fourth-order valence-electron chi connectivity index (χ4n) is 3.05. The molecule has 3 nitrogen and oxygen atoms in total. The molecule has 2 aliphatic heterocycles. The predicted molar refractivity (Wildman–Crippen MR) is 76.4 cm³/mol. The zero-order chi connectivity index (χ0) is 15.6. The Balaban J connectivity index is 1.93. The fraction of sp³-hybridized carbons (Fsp3) is 0.625. The van der Waals surface area contributed by atoms with Crippen LogP contribution >= 0.6 is 0 Å². The Kier molecular flexibility index (Phi) is 4.47. The van der Waals surface area contributed by atoms with Crippen molar-refractivity contribution in [3.63, 3.8) is 0 Å². The van der Waals surface area contributed by atoms with Crippen molar-refractivity contribution in [2.45, 2.75) is 44.3 Å². The van der Waals surface area contributed by atoms with Crippen LogP contribution in [0.1, 0.15) is 36.8 Å². The minimum absolute atomic E-state index is 0.0968. The van der Waals surface area contributed by atoms with Gasteiger partial charge in [-0.2, -0.15) is 13.2 Å². The molecule has 122 valence electrons. The fourth-order valence-corrected chi connectivity index (χ4v) is 3.05. The summed E-state index contributed by atoms with van der Waals surface area (Å²) >= 11 is 0. The molecule has 0 bridgehead atoms. The van der Waals surface area contributed by atoms with Crippen molar-refractivity contribution in [1.82, 2.24) is 5.32 Å². The van der Waals surface area contributed by atoms with Crippen LogP contribution in [0.4, 0.5) is 13.2 Å². The van der Waals surface area contributed by atoms with Crippen LogP contribution in [0, 0.1) is 0 Å². The van der Waals surface area contributed by atoms with Gasteiger partial charge in [0.25, 0.3) is 0 Å². The Bertz CT molecular complexity index is 525. The van der Waals surface area contributed by atoms with Gasteiger partial charge in [0.1, 0.15) is 0 Å². The third-order valence-electron chi connectivity index (χ3n) is 4.16. The van der Waals surface area contributed by atoms with E-state index >= 15 is 0 Å². The van der Waals surface area contributed by atoms with Gasteiger partial charge in [0.15, 0.2) is 11.5 Å². The van der Waals surface area contributed by atoms with Gasteiger partial charge in [-0.15, -0.1) is 0 Å². The number of hydrogen-bond acceptors (Lipinski definition) is 3. The molecule has 1 atom stereocenters. The van der Waals surface area contributed by atoms with E-state index in [2.05, 4.69) is 5.32 Å². The van der Waals surface area contributed by atoms with E-state index in [0.29, 0.717) is 31.8 Å². The van der Waals surface area contributed by atoms with Crippen molar-refractivity contribution in [3.05, 3.63) is 23.3 Å². The number of halogens is 3. The average molecular weight is 315 g/mol. The first-order valence-corrected chi connectivity index (χ1v) is 7.77. The lowest BCUT2D eigenvalue weighted by atomic mass is 9.94. The van der Waals surface area contributed by atoms with Gasteiger partial charge in [0, 0.05) is 12.5 Å². The number of fused-ring (bicyclic) bond motifs is 1. The maximum atomic E-state index is 13.4. The maximum Gasteiger partial charge on any atom is 0.416 e. The summed E-state index contributed by atoms with van der Waals surface area (Å²) in [6.07, 6.45) is -0.283. The summed E-state index contributed by atoms with van der Waals surface area (Å²) in [4.78, 5) is 0. The lowest BCUT2D eigenvalue weighted by molar-refractivity contribution is -0.138. The summed E-state index contributed by atoms with van der Waals surface area (Å²) in [5, 5.41) is 3.30. The summed E-state index contributed by atoms with van der Waals surface area (Å²) < 4.78 is 51.0. The number of rotatable bonds is 2. The second-order valence-electron chi connectivity index (χ2n) is 5.86. The SMILES string of the molecule is FC(F)(F)c1cc2c(cc1CC1CCCCN1)OCCCO2. The second-order valence-corrected chi connectivity index (χ2v) is 5.86. The summed E-state index contributed by atoms with van der Waals surface area (Å²) in [6.45, 7) is 1.73. The van der Waals surface area contributed by atoms with Gasteiger partial charge in [-0.25, -0.2) is 0 Å². The number of alkyl halides is 3. The highest BCUT2D eigenvalue weighted by atomic mass is 19.4. The molecule has 22 heavy (non-hydrogen) atoms. The summed E-state index contributed by atoms with van der Waals surface area (Å²) in [5.74, 6) is 0.626. The highest BCUT2D eigenvalue weighted by molar-refractivity contribution is 5.49. The van der Waals surface area contributed by atoms with Gasteiger partial charge in [-0.05, 0) is 43.5 Å². The molecule has 0 aromatic heterocycles. The van der Waals surface area contributed by atoms with E-state index in [-0.39, 0.29) is 17.4 Å². The Hall–Kier alpha value is -1.43. The largest absolute Gasteiger partial charge is 0.490 e. The van der Waals surface area contributed by atoms with Gasteiger partial charge in [-0.3, -0.25) is 0 Å². The first kappa shape index (κ1) is 15.5. The standard InChI is InChI=1S/C16H20F3NO2/c17-16(18,19)13-10-15-14(21-6-3-7-22-15)9-11(13)8-12-4-1-2-5-20-12/h9-10,12,20H,1-8H2. The van der Waals surface area contributed by atoms with E-state index in [4.69, 9.17) is 9.47 Å². The molecule has 0 radical (unpaired) electrons. The molecule has 0 spiro atoms. The molecule has 6 heteroatoms. The number of benzene rings is 1. The van der Waals surface area contributed by atoms with E-state index < -0.39 is 11.7 Å². The highest BCUT2D eigenvalue weighted by Crippen LogP contribution is 2.40. The third-order valence-corrected chi connectivity index (χ3v) is 4.16.